The summed E-state index contributed by atoms with van der Waals surface area (Å²) in [4.78, 5) is 11.7. The van der Waals surface area contributed by atoms with Gasteiger partial charge in [0.2, 0.25) is 5.91 Å². The van der Waals surface area contributed by atoms with Gasteiger partial charge in [-0.25, -0.2) is 0 Å². The van der Waals surface area contributed by atoms with Gasteiger partial charge in [-0.05, 0) is 42.8 Å². The molecule has 0 aromatic heterocycles. The molecule has 0 atom stereocenters. The second-order valence-electron chi connectivity index (χ2n) is 5.14. The van der Waals surface area contributed by atoms with Crippen LogP contribution in [-0.4, -0.2) is 32.8 Å². The number of benzene rings is 2. The molecule has 2 aromatic rings. The van der Waals surface area contributed by atoms with Crippen molar-refractivity contribution in [1.29, 1.82) is 0 Å². The lowest BCUT2D eigenvalue weighted by molar-refractivity contribution is -0.121. The molecule has 0 fully saturated rings. The van der Waals surface area contributed by atoms with Crippen molar-refractivity contribution < 1.29 is 19.0 Å². The maximum Gasteiger partial charge on any atom is 0.220 e. The highest BCUT2D eigenvalue weighted by molar-refractivity contribution is 5.75. The van der Waals surface area contributed by atoms with Crippen LogP contribution in [0.1, 0.15) is 12.8 Å². The number of methoxy groups -OCH3 is 1. The molecule has 1 amide bonds. The lowest BCUT2D eigenvalue weighted by Gasteiger charge is -2.08. The van der Waals surface area contributed by atoms with Gasteiger partial charge in [0.25, 0.3) is 0 Å². The largest absolute Gasteiger partial charge is 0.497 e. The normalized spacial score (nSPS) is 10.0. The number of carbonyl (C=O) groups excluding carboxylic acids is 1. The van der Waals surface area contributed by atoms with Crippen LogP contribution in [0, 0.1) is 0 Å². The van der Waals surface area contributed by atoms with E-state index >= 15 is 0 Å². The van der Waals surface area contributed by atoms with Crippen LogP contribution in [0.4, 0.5) is 0 Å². The Bertz CT molecular complexity index is 599. The van der Waals surface area contributed by atoms with E-state index in [9.17, 15) is 4.79 Å². The Morgan fingerprint density at radius 1 is 0.875 bits per heavy atom. The van der Waals surface area contributed by atoms with E-state index in [1.165, 1.54) is 0 Å². The highest BCUT2D eigenvalue weighted by atomic mass is 16.5. The van der Waals surface area contributed by atoms with Crippen molar-refractivity contribution in [3.63, 3.8) is 0 Å². The van der Waals surface area contributed by atoms with Crippen LogP contribution in [0.5, 0.6) is 17.2 Å². The van der Waals surface area contributed by atoms with Crippen LogP contribution < -0.4 is 19.5 Å². The Morgan fingerprint density at radius 3 is 2.21 bits per heavy atom. The number of para-hydroxylation sites is 1. The van der Waals surface area contributed by atoms with E-state index in [1.807, 2.05) is 54.6 Å². The van der Waals surface area contributed by atoms with Crippen LogP contribution in [0.2, 0.25) is 0 Å². The van der Waals surface area contributed by atoms with Crippen molar-refractivity contribution in [2.45, 2.75) is 12.8 Å². The first-order valence-corrected chi connectivity index (χ1v) is 7.99. The second kappa shape index (κ2) is 10.2. The average Bonchev–Trinajstić information content (AvgIpc) is 2.64. The molecule has 0 aliphatic heterocycles. The number of nitrogens with one attached hydrogen (secondary N) is 1. The molecule has 0 heterocycles. The Balaban J connectivity index is 1.51. The van der Waals surface area contributed by atoms with Gasteiger partial charge in [0.05, 0.1) is 20.3 Å². The van der Waals surface area contributed by atoms with Crippen molar-refractivity contribution in [2.75, 3.05) is 26.9 Å². The molecule has 24 heavy (non-hydrogen) atoms. The monoisotopic (exact) mass is 329 g/mol. The molecule has 1 N–H and O–H groups in total. The van der Waals surface area contributed by atoms with Crippen LogP contribution >= 0.6 is 0 Å². The fraction of sp³-hybridized carbons (Fsp3) is 0.316. The quantitative estimate of drug-likeness (QED) is 0.681. The topological polar surface area (TPSA) is 56.8 Å². The van der Waals surface area contributed by atoms with Crippen molar-refractivity contribution in [1.82, 2.24) is 5.32 Å². The minimum atomic E-state index is 0.00462. The Labute approximate surface area is 142 Å². The van der Waals surface area contributed by atoms with E-state index in [-0.39, 0.29) is 5.91 Å². The maximum atomic E-state index is 11.7. The van der Waals surface area contributed by atoms with Gasteiger partial charge >= 0.3 is 0 Å². The molecular weight excluding hydrogens is 306 g/mol. The summed E-state index contributed by atoms with van der Waals surface area (Å²) in [7, 11) is 1.62. The fourth-order valence-corrected chi connectivity index (χ4v) is 2.06. The summed E-state index contributed by atoms with van der Waals surface area (Å²) in [5.41, 5.74) is 0. The molecule has 0 aliphatic carbocycles. The van der Waals surface area contributed by atoms with E-state index in [0.717, 1.165) is 17.2 Å². The molecular formula is C19H23NO4. The van der Waals surface area contributed by atoms with E-state index in [2.05, 4.69) is 5.32 Å². The van der Waals surface area contributed by atoms with Crippen LogP contribution in [0.3, 0.4) is 0 Å². The summed E-state index contributed by atoms with van der Waals surface area (Å²) in [5, 5.41) is 2.83. The van der Waals surface area contributed by atoms with Gasteiger partial charge in [-0.2, -0.15) is 0 Å². The van der Waals surface area contributed by atoms with Gasteiger partial charge in [-0.15, -0.1) is 0 Å². The minimum Gasteiger partial charge on any atom is -0.497 e. The molecule has 2 aromatic carbocycles. The Morgan fingerprint density at radius 2 is 1.50 bits per heavy atom. The van der Waals surface area contributed by atoms with Crippen LogP contribution in [0.15, 0.2) is 54.6 Å². The first-order chi connectivity index (χ1) is 11.8. The average molecular weight is 329 g/mol. The molecule has 5 nitrogen and oxygen atoms in total. The highest BCUT2D eigenvalue weighted by Crippen LogP contribution is 2.17. The standard InChI is InChI=1S/C19H23NO4/c1-22-16-9-11-18(12-10-16)23-14-5-8-19(21)20-13-15-24-17-6-3-2-4-7-17/h2-4,6-7,9-12H,5,8,13-15H2,1H3,(H,20,21). The molecule has 0 radical (unpaired) electrons. The number of amides is 1. The molecule has 0 spiro atoms. The summed E-state index contributed by atoms with van der Waals surface area (Å²) in [6, 6.07) is 16.9. The SMILES string of the molecule is COc1ccc(OCCCC(=O)NCCOc2ccccc2)cc1. The number of hydrogen-bond donors (Lipinski definition) is 1. The van der Waals surface area contributed by atoms with E-state index < -0.39 is 0 Å². The van der Waals surface area contributed by atoms with Gasteiger partial charge in [0.15, 0.2) is 0 Å². The Hall–Kier alpha value is -2.69. The number of carbonyl (C=O) groups is 1. The molecule has 0 bridgehead atoms. The van der Waals surface area contributed by atoms with Crippen molar-refractivity contribution in [2.24, 2.45) is 0 Å². The lowest BCUT2D eigenvalue weighted by atomic mass is 10.3. The summed E-state index contributed by atoms with van der Waals surface area (Å²) >= 11 is 0. The first kappa shape index (κ1) is 17.7. The fourth-order valence-electron chi connectivity index (χ4n) is 2.06. The van der Waals surface area contributed by atoms with E-state index in [4.69, 9.17) is 14.2 Å². The van der Waals surface area contributed by atoms with Gasteiger partial charge in [-0.1, -0.05) is 18.2 Å². The molecule has 0 saturated carbocycles. The first-order valence-electron chi connectivity index (χ1n) is 7.99. The molecule has 0 unspecified atom stereocenters. The number of ether oxygens (including phenoxy) is 3. The predicted octanol–water partition coefficient (Wildman–Crippen LogP) is 3.05. The molecule has 5 heteroatoms. The van der Waals surface area contributed by atoms with Crippen LogP contribution in [0.25, 0.3) is 0 Å². The maximum absolute atomic E-state index is 11.7. The number of rotatable bonds is 10. The number of hydrogen-bond acceptors (Lipinski definition) is 4. The molecule has 128 valence electrons. The van der Waals surface area contributed by atoms with E-state index in [0.29, 0.717) is 32.6 Å². The summed E-state index contributed by atoms with van der Waals surface area (Å²) in [6.07, 6.45) is 1.10. The summed E-state index contributed by atoms with van der Waals surface area (Å²) < 4.78 is 16.2. The second-order valence-corrected chi connectivity index (χ2v) is 5.14. The van der Waals surface area contributed by atoms with E-state index in [1.54, 1.807) is 7.11 Å². The van der Waals surface area contributed by atoms with Crippen molar-refractivity contribution in [3.05, 3.63) is 54.6 Å². The lowest BCUT2D eigenvalue weighted by Crippen LogP contribution is -2.28. The third kappa shape index (κ3) is 6.60. The zero-order valence-electron chi connectivity index (χ0n) is 13.9. The van der Waals surface area contributed by atoms with Gasteiger partial charge in [0, 0.05) is 6.42 Å². The summed E-state index contributed by atoms with van der Waals surface area (Å²) in [6.45, 7) is 1.45. The minimum absolute atomic E-state index is 0.00462. The zero-order valence-corrected chi connectivity index (χ0v) is 13.9. The third-order valence-corrected chi connectivity index (χ3v) is 3.31. The molecule has 0 aliphatic rings. The summed E-state index contributed by atoms with van der Waals surface area (Å²) in [5.74, 6) is 2.37. The van der Waals surface area contributed by atoms with Gasteiger partial charge in [-0.3, -0.25) is 4.79 Å². The predicted molar refractivity (Wildman–Crippen MR) is 92.7 cm³/mol. The van der Waals surface area contributed by atoms with Gasteiger partial charge < -0.3 is 19.5 Å². The smallest absolute Gasteiger partial charge is 0.220 e. The molecule has 2 rings (SSSR count). The third-order valence-electron chi connectivity index (χ3n) is 3.31. The Kier molecular flexibility index (Phi) is 7.47. The molecule has 0 saturated heterocycles. The van der Waals surface area contributed by atoms with Gasteiger partial charge in [0.1, 0.15) is 23.9 Å². The zero-order chi connectivity index (χ0) is 17.0. The van der Waals surface area contributed by atoms with Crippen molar-refractivity contribution >= 4 is 5.91 Å². The van der Waals surface area contributed by atoms with Crippen molar-refractivity contribution in [3.8, 4) is 17.2 Å². The highest BCUT2D eigenvalue weighted by Gasteiger charge is 2.02. The van der Waals surface area contributed by atoms with Crippen LogP contribution in [-0.2, 0) is 4.79 Å².